The number of anilines is 1. The average molecular weight is 418 g/mol. The molecule has 160 valence electrons. The van der Waals surface area contributed by atoms with E-state index in [4.69, 9.17) is 9.47 Å². The van der Waals surface area contributed by atoms with Crippen molar-refractivity contribution in [1.82, 2.24) is 4.90 Å². The van der Waals surface area contributed by atoms with Gasteiger partial charge in [0.05, 0.1) is 31.8 Å². The minimum Gasteiger partial charge on any atom is -0.493 e. The number of fused-ring (bicyclic) bond motifs is 1. The van der Waals surface area contributed by atoms with Gasteiger partial charge in [-0.3, -0.25) is 9.59 Å². The van der Waals surface area contributed by atoms with Crippen LogP contribution in [0.25, 0.3) is 10.8 Å². The summed E-state index contributed by atoms with van der Waals surface area (Å²) in [5.74, 6) is 0.431. The molecular weight excluding hydrogens is 392 g/mol. The Balaban J connectivity index is 1.49. The summed E-state index contributed by atoms with van der Waals surface area (Å²) in [7, 11) is 0. The van der Waals surface area contributed by atoms with Crippen LogP contribution in [0.2, 0.25) is 0 Å². The highest BCUT2D eigenvalue weighted by molar-refractivity contribution is 6.15. The van der Waals surface area contributed by atoms with Gasteiger partial charge in [-0.15, -0.1) is 0 Å². The molecule has 2 amide bonds. The first-order chi connectivity index (χ1) is 15.2. The maximum Gasteiger partial charge on any atom is 0.260 e. The van der Waals surface area contributed by atoms with Crippen molar-refractivity contribution in [3.8, 4) is 5.75 Å². The number of hydrogen-bond acceptors (Lipinski definition) is 4. The van der Waals surface area contributed by atoms with Crippen LogP contribution in [0.4, 0.5) is 5.69 Å². The van der Waals surface area contributed by atoms with Crippen LogP contribution in [0.5, 0.6) is 5.75 Å². The number of ether oxygens (including phenoxy) is 2. The normalized spacial score (nSPS) is 13.8. The standard InChI is InChI=1S/C25H26N2O4/c1-2-31-22-12-9-19-5-3-4-6-21(19)24(22)25(29)26-20-10-7-18(8-11-20)17-23(28)27-13-15-30-16-14-27/h3-12H,2,13-17H2,1H3,(H,26,29). The number of carbonyl (C=O) groups excluding carboxylic acids is 2. The summed E-state index contributed by atoms with van der Waals surface area (Å²) in [6.07, 6.45) is 0.339. The predicted molar refractivity (Wildman–Crippen MR) is 121 cm³/mol. The molecule has 0 radical (unpaired) electrons. The van der Waals surface area contributed by atoms with Gasteiger partial charge in [0, 0.05) is 18.8 Å². The van der Waals surface area contributed by atoms with Gasteiger partial charge in [-0.05, 0) is 41.5 Å². The molecule has 1 saturated heterocycles. The summed E-state index contributed by atoms with van der Waals surface area (Å²) in [5, 5.41) is 4.79. The van der Waals surface area contributed by atoms with E-state index in [0.29, 0.717) is 56.3 Å². The Morgan fingerprint density at radius 1 is 1.00 bits per heavy atom. The van der Waals surface area contributed by atoms with E-state index in [1.165, 1.54) is 0 Å². The van der Waals surface area contributed by atoms with E-state index in [2.05, 4.69) is 5.32 Å². The monoisotopic (exact) mass is 418 g/mol. The highest BCUT2D eigenvalue weighted by Crippen LogP contribution is 2.29. The van der Waals surface area contributed by atoms with Gasteiger partial charge in [0.25, 0.3) is 5.91 Å². The quantitative estimate of drug-likeness (QED) is 0.659. The highest BCUT2D eigenvalue weighted by atomic mass is 16.5. The zero-order valence-electron chi connectivity index (χ0n) is 17.6. The van der Waals surface area contributed by atoms with Gasteiger partial charge < -0.3 is 19.7 Å². The minimum atomic E-state index is -0.225. The average Bonchev–Trinajstić information content (AvgIpc) is 2.81. The third-order valence-electron chi connectivity index (χ3n) is 5.35. The smallest absolute Gasteiger partial charge is 0.260 e. The summed E-state index contributed by atoms with van der Waals surface area (Å²) < 4.78 is 11.0. The van der Waals surface area contributed by atoms with Gasteiger partial charge in [0.2, 0.25) is 5.91 Å². The third-order valence-corrected chi connectivity index (χ3v) is 5.35. The lowest BCUT2D eigenvalue weighted by Crippen LogP contribution is -2.41. The molecule has 6 nitrogen and oxygen atoms in total. The number of rotatable bonds is 6. The lowest BCUT2D eigenvalue weighted by atomic mass is 10.0. The van der Waals surface area contributed by atoms with Crippen molar-refractivity contribution in [2.24, 2.45) is 0 Å². The van der Waals surface area contributed by atoms with Crippen LogP contribution in [0, 0.1) is 0 Å². The number of benzene rings is 3. The van der Waals surface area contributed by atoms with Gasteiger partial charge >= 0.3 is 0 Å². The van der Waals surface area contributed by atoms with Crippen molar-refractivity contribution in [3.05, 3.63) is 71.8 Å². The third kappa shape index (κ3) is 4.86. The van der Waals surface area contributed by atoms with E-state index in [1.807, 2.05) is 72.5 Å². The topological polar surface area (TPSA) is 67.9 Å². The Hall–Kier alpha value is -3.38. The molecule has 0 saturated carbocycles. The van der Waals surface area contributed by atoms with Crippen LogP contribution in [-0.2, 0) is 16.0 Å². The summed E-state index contributed by atoms with van der Waals surface area (Å²) in [6.45, 7) is 4.84. The van der Waals surface area contributed by atoms with E-state index in [1.54, 1.807) is 0 Å². The molecule has 0 aliphatic carbocycles. The number of amides is 2. The van der Waals surface area contributed by atoms with Crippen LogP contribution < -0.4 is 10.1 Å². The van der Waals surface area contributed by atoms with Gasteiger partial charge in [-0.25, -0.2) is 0 Å². The fourth-order valence-corrected chi connectivity index (χ4v) is 3.76. The molecule has 0 unspecified atom stereocenters. The van der Waals surface area contributed by atoms with Crippen LogP contribution in [0.1, 0.15) is 22.8 Å². The lowest BCUT2D eigenvalue weighted by Gasteiger charge is -2.26. The molecule has 0 aromatic heterocycles. The molecule has 1 aliphatic rings. The Labute approximate surface area is 181 Å². The molecule has 31 heavy (non-hydrogen) atoms. The summed E-state index contributed by atoms with van der Waals surface area (Å²) in [6, 6.07) is 18.9. The molecule has 6 heteroatoms. The first-order valence-electron chi connectivity index (χ1n) is 10.6. The fraction of sp³-hybridized carbons (Fsp3) is 0.280. The first kappa shape index (κ1) is 20.9. The number of carbonyl (C=O) groups is 2. The molecule has 0 spiro atoms. The number of nitrogens with one attached hydrogen (secondary N) is 1. The zero-order valence-corrected chi connectivity index (χ0v) is 17.6. The first-order valence-corrected chi connectivity index (χ1v) is 10.6. The molecular formula is C25H26N2O4. The number of hydrogen-bond donors (Lipinski definition) is 1. The Morgan fingerprint density at radius 2 is 1.74 bits per heavy atom. The Bertz CT molecular complexity index is 1070. The van der Waals surface area contributed by atoms with Crippen molar-refractivity contribution < 1.29 is 19.1 Å². The second-order valence-corrected chi connectivity index (χ2v) is 7.41. The van der Waals surface area contributed by atoms with Crippen molar-refractivity contribution >= 4 is 28.3 Å². The van der Waals surface area contributed by atoms with Gasteiger partial charge in [-0.2, -0.15) is 0 Å². The molecule has 0 atom stereocenters. The van der Waals surface area contributed by atoms with E-state index >= 15 is 0 Å². The van der Waals surface area contributed by atoms with Crippen LogP contribution in [0.3, 0.4) is 0 Å². The van der Waals surface area contributed by atoms with E-state index in [0.717, 1.165) is 16.3 Å². The number of nitrogens with zero attached hydrogens (tertiary/aromatic N) is 1. The van der Waals surface area contributed by atoms with Crippen molar-refractivity contribution in [3.63, 3.8) is 0 Å². The maximum atomic E-state index is 13.1. The van der Waals surface area contributed by atoms with Crippen molar-refractivity contribution in [1.29, 1.82) is 0 Å². The van der Waals surface area contributed by atoms with E-state index in [-0.39, 0.29) is 11.8 Å². The Kier molecular flexibility index (Phi) is 6.48. The van der Waals surface area contributed by atoms with E-state index < -0.39 is 0 Å². The zero-order chi connectivity index (χ0) is 21.6. The highest BCUT2D eigenvalue weighted by Gasteiger charge is 2.18. The molecule has 3 aromatic carbocycles. The van der Waals surface area contributed by atoms with Crippen LogP contribution >= 0.6 is 0 Å². The molecule has 1 heterocycles. The summed E-state index contributed by atoms with van der Waals surface area (Å²) in [5.41, 5.74) is 2.10. The molecule has 1 fully saturated rings. The molecule has 0 bridgehead atoms. The van der Waals surface area contributed by atoms with Crippen LogP contribution in [-0.4, -0.2) is 49.6 Å². The molecule has 3 aromatic rings. The second kappa shape index (κ2) is 9.62. The minimum absolute atomic E-state index is 0.0946. The largest absolute Gasteiger partial charge is 0.493 e. The Morgan fingerprint density at radius 3 is 2.48 bits per heavy atom. The fourth-order valence-electron chi connectivity index (χ4n) is 3.76. The molecule has 4 rings (SSSR count). The van der Waals surface area contributed by atoms with Crippen LogP contribution in [0.15, 0.2) is 60.7 Å². The predicted octanol–water partition coefficient (Wildman–Crippen LogP) is 3.89. The lowest BCUT2D eigenvalue weighted by molar-refractivity contribution is -0.134. The van der Waals surface area contributed by atoms with Crippen molar-refractivity contribution in [2.75, 3.05) is 38.2 Å². The summed E-state index contributed by atoms with van der Waals surface area (Å²) in [4.78, 5) is 27.4. The number of morpholine rings is 1. The van der Waals surface area contributed by atoms with Crippen molar-refractivity contribution in [2.45, 2.75) is 13.3 Å². The molecule has 1 N–H and O–H groups in total. The summed E-state index contributed by atoms with van der Waals surface area (Å²) >= 11 is 0. The SMILES string of the molecule is CCOc1ccc2ccccc2c1C(=O)Nc1ccc(CC(=O)N2CCOCC2)cc1. The second-order valence-electron chi connectivity index (χ2n) is 7.41. The van der Waals surface area contributed by atoms with Gasteiger partial charge in [0.1, 0.15) is 5.75 Å². The van der Waals surface area contributed by atoms with Gasteiger partial charge in [-0.1, -0.05) is 42.5 Å². The van der Waals surface area contributed by atoms with Gasteiger partial charge in [0.15, 0.2) is 0 Å². The van der Waals surface area contributed by atoms with E-state index in [9.17, 15) is 9.59 Å². The molecule has 1 aliphatic heterocycles. The maximum absolute atomic E-state index is 13.1.